The molecule has 0 N–H and O–H groups in total. The smallest absolute Gasteiger partial charge is 0.414 e. The van der Waals surface area contributed by atoms with Crippen LogP contribution >= 0.6 is 0 Å². The molecule has 3 atom stereocenters. The Kier molecular flexibility index (Phi) is 15.1. The van der Waals surface area contributed by atoms with Gasteiger partial charge < -0.3 is 4.74 Å². The van der Waals surface area contributed by atoms with E-state index in [0.717, 1.165) is 43.7 Å². The Balaban J connectivity index is 1.86. The molecule has 0 bridgehead atoms. The van der Waals surface area contributed by atoms with Gasteiger partial charge in [-0.25, -0.2) is 4.79 Å². The van der Waals surface area contributed by atoms with Crippen LogP contribution in [-0.4, -0.2) is 37.0 Å². The lowest BCUT2D eigenvalue weighted by Gasteiger charge is -2.47. The zero-order valence-corrected chi connectivity index (χ0v) is 32.2. The fourth-order valence-electron chi connectivity index (χ4n) is 9.49. The van der Waals surface area contributed by atoms with Gasteiger partial charge in [0.05, 0.1) is 0 Å². The van der Waals surface area contributed by atoms with Crippen LogP contribution in [-0.2, 0) is 14.9 Å². The van der Waals surface area contributed by atoms with E-state index in [-0.39, 0.29) is 35.4 Å². The fraction of sp³-hybridized carbons (Fsp3) is 0.756. The van der Waals surface area contributed by atoms with Crippen LogP contribution in [0.5, 0.6) is 0 Å². The summed E-state index contributed by atoms with van der Waals surface area (Å²) in [7, 11) is -2.25. The Morgan fingerprint density at radius 1 is 0.848 bits per heavy atom. The number of hydrogen-bond donors (Lipinski definition) is 0. The third-order valence-electron chi connectivity index (χ3n) is 12.0. The van der Waals surface area contributed by atoms with Crippen molar-refractivity contribution < 1.29 is 14.3 Å². The van der Waals surface area contributed by atoms with Gasteiger partial charge in [-0.1, -0.05) is 157 Å². The third kappa shape index (κ3) is 9.17. The summed E-state index contributed by atoms with van der Waals surface area (Å²) in [6, 6.07) is 10.6. The SMILES string of the molecule is CCCCCCCCCCC[C@@H]1CC(=O)C([Si](C(C)C)(C(C)C)C(C)C)=CN1C(=O)O[C@@H]1CCCC[C@H]1C(C)(C)c1ccccc1. The molecule has 260 valence electrons. The molecule has 4 nitrogen and oxygen atoms in total. The molecule has 0 unspecified atom stereocenters. The van der Waals surface area contributed by atoms with Crippen LogP contribution < -0.4 is 0 Å². The van der Waals surface area contributed by atoms with Crippen LogP contribution in [0.25, 0.3) is 0 Å². The molecule has 0 saturated heterocycles. The molecule has 0 radical (unpaired) electrons. The average Bonchev–Trinajstić information content (AvgIpc) is 3.01. The van der Waals surface area contributed by atoms with Gasteiger partial charge in [-0.15, -0.1) is 0 Å². The molecule has 0 aromatic heterocycles. The van der Waals surface area contributed by atoms with E-state index in [1.165, 1.54) is 56.9 Å². The van der Waals surface area contributed by atoms with Crippen molar-refractivity contribution in [1.82, 2.24) is 4.90 Å². The highest BCUT2D eigenvalue weighted by molar-refractivity contribution is 6.93. The van der Waals surface area contributed by atoms with Gasteiger partial charge >= 0.3 is 6.09 Å². The van der Waals surface area contributed by atoms with E-state index >= 15 is 0 Å². The number of hydrogen-bond acceptors (Lipinski definition) is 3. The van der Waals surface area contributed by atoms with E-state index < -0.39 is 8.07 Å². The van der Waals surface area contributed by atoms with Crippen molar-refractivity contribution in [2.45, 2.75) is 193 Å². The maximum absolute atomic E-state index is 14.4. The zero-order chi connectivity index (χ0) is 33.9. The average molecular weight is 652 g/mol. The number of unbranched alkanes of at least 4 members (excludes halogenated alkanes) is 8. The van der Waals surface area contributed by atoms with E-state index in [4.69, 9.17) is 4.74 Å². The lowest BCUT2D eigenvalue weighted by molar-refractivity contribution is -0.116. The first-order valence-corrected chi connectivity index (χ1v) is 21.4. The first kappa shape index (κ1) is 38.6. The second-order valence-electron chi connectivity index (χ2n) is 16.1. The summed E-state index contributed by atoms with van der Waals surface area (Å²) in [6.45, 7) is 20.7. The second kappa shape index (κ2) is 18.0. The van der Waals surface area contributed by atoms with Crippen LogP contribution in [0.1, 0.15) is 164 Å². The van der Waals surface area contributed by atoms with Crippen molar-refractivity contribution in [3.05, 3.63) is 47.3 Å². The minimum Gasteiger partial charge on any atom is -0.446 e. The van der Waals surface area contributed by atoms with E-state index in [9.17, 15) is 9.59 Å². The summed E-state index contributed by atoms with van der Waals surface area (Å²) < 4.78 is 6.60. The number of allylic oxidation sites excluding steroid dienone is 1. The van der Waals surface area contributed by atoms with Gasteiger partial charge in [0.2, 0.25) is 0 Å². The number of amides is 1. The quantitative estimate of drug-likeness (QED) is 0.124. The molecule has 2 aliphatic rings. The van der Waals surface area contributed by atoms with Crippen molar-refractivity contribution in [2.24, 2.45) is 5.92 Å². The van der Waals surface area contributed by atoms with Crippen LogP contribution in [0, 0.1) is 5.92 Å². The molecule has 1 aromatic carbocycles. The van der Waals surface area contributed by atoms with Crippen LogP contribution in [0.4, 0.5) is 4.79 Å². The maximum atomic E-state index is 14.4. The second-order valence-corrected chi connectivity index (χ2v) is 22.0. The molecule has 0 spiro atoms. The summed E-state index contributed by atoms with van der Waals surface area (Å²) in [5.41, 5.74) is 2.42. The van der Waals surface area contributed by atoms with Gasteiger partial charge in [-0.05, 0) is 58.5 Å². The number of Topliss-reactive ketones (excluding diaryl/α,β-unsaturated/α-hetero) is 1. The normalized spacial score (nSPS) is 21.3. The fourth-order valence-corrected chi connectivity index (χ4v) is 16.3. The Morgan fingerprint density at radius 3 is 1.96 bits per heavy atom. The van der Waals surface area contributed by atoms with Crippen LogP contribution in [0.15, 0.2) is 41.7 Å². The number of carbonyl (C=O) groups excluding carboxylic acids is 2. The van der Waals surface area contributed by atoms with E-state index in [1.807, 2.05) is 11.1 Å². The van der Waals surface area contributed by atoms with Crippen molar-refractivity contribution in [1.29, 1.82) is 0 Å². The highest BCUT2D eigenvalue weighted by Gasteiger charge is 2.51. The highest BCUT2D eigenvalue weighted by atomic mass is 28.3. The lowest BCUT2D eigenvalue weighted by atomic mass is 9.66. The number of ether oxygens (including phenoxy) is 1. The molecule has 1 aromatic rings. The van der Waals surface area contributed by atoms with Crippen LogP contribution in [0.2, 0.25) is 16.6 Å². The molecule has 1 heterocycles. The van der Waals surface area contributed by atoms with Crippen molar-refractivity contribution in [3.63, 3.8) is 0 Å². The molecule has 3 rings (SSSR count). The van der Waals surface area contributed by atoms with Gasteiger partial charge in [-0.2, -0.15) is 0 Å². The van der Waals surface area contributed by atoms with Gasteiger partial charge in [0.1, 0.15) is 14.2 Å². The number of ketones is 1. The number of benzene rings is 1. The molecule has 1 amide bonds. The van der Waals surface area contributed by atoms with E-state index in [0.29, 0.717) is 23.0 Å². The van der Waals surface area contributed by atoms with Crippen LogP contribution in [0.3, 0.4) is 0 Å². The molecular weight excluding hydrogens is 583 g/mol. The third-order valence-corrected chi connectivity index (χ3v) is 19.0. The monoisotopic (exact) mass is 652 g/mol. The standard InChI is InChI=1S/C41H69NO3Si/c1-10-11-12-13-14-15-16-17-21-26-35-29-37(43)39(46(31(2)3,32(4)5)33(6)7)30-42(35)40(44)45-38-28-23-22-27-36(38)41(8,9)34-24-19-18-20-25-34/h18-20,24-25,30-33,35-36,38H,10-17,21-23,26-29H2,1-9H3/t35-,36-,38-/m1/s1. The number of carbonyl (C=O) groups is 2. The zero-order valence-electron chi connectivity index (χ0n) is 31.2. The van der Waals surface area contributed by atoms with E-state index in [2.05, 4.69) is 92.6 Å². The molecular formula is C41H69NO3Si. The summed E-state index contributed by atoms with van der Waals surface area (Å²) in [6.07, 6.45) is 18.6. The van der Waals surface area contributed by atoms with Gasteiger partial charge in [0.25, 0.3) is 0 Å². The first-order chi connectivity index (χ1) is 21.9. The number of rotatable bonds is 17. The summed E-state index contributed by atoms with van der Waals surface area (Å²) >= 11 is 0. The predicted octanol–water partition coefficient (Wildman–Crippen LogP) is 12.3. The number of nitrogens with zero attached hydrogens (tertiary/aromatic N) is 1. The van der Waals surface area contributed by atoms with Crippen molar-refractivity contribution in [3.8, 4) is 0 Å². The molecule has 5 heteroatoms. The molecule has 1 saturated carbocycles. The summed E-state index contributed by atoms with van der Waals surface area (Å²) in [5, 5.41) is 0.970. The molecule has 1 aliphatic carbocycles. The Bertz CT molecular complexity index is 1090. The molecule has 46 heavy (non-hydrogen) atoms. The van der Waals surface area contributed by atoms with Gasteiger partial charge in [-0.3, -0.25) is 9.69 Å². The first-order valence-electron chi connectivity index (χ1n) is 19.2. The van der Waals surface area contributed by atoms with Gasteiger partial charge in [0, 0.05) is 24.6 Å². The van der Waals surface area contributed by atoms with Gasteiger partial charge in [0.15, 0.2) is 5.78 Å². The summed E-state index contributed by atoms with van der Waals surface area (Å²) in [4.78, 5) is 30.4. The highest BCUT2D eigenvalue weighted by Crippen LogP contribution is 2.49. The Morgan fingerprint density at radius 2 is 1.39 bits per heavy atom. The van der Waals surface area contributed by atoms with E-state index in [1.54, 1.807) is 0 Å². The van der Waals surface area contributed by atoms with Crippen molar-refractivity contribution in [2.75, 3.05) is 0 Å². The van der Waals surface area contributed by atoms with Crippen molar-refractivity contribution >= 4 is 20.0 Å². The topological polar surface area (TPSA) is 46.6 Å². The Hall–Kier alpha value is -1.88. The largest absolute Gasteiger partial charge is 0.446 e. The summed E-state index contributed by atoms with van der Waals surface area (Å²) in [5.74, 6) is 0.544. The minimum absolute atomic E-state index is 0.101. The Labute approximate surface area is 284 Å². The predicted molar refractivity (Wildman–Crippen MR) is 198 cm³/mol. The minimum atomic E-state index is -2.25. The lowest BCUT2D eigenvalue weighted by Crippen LogP contribution is -2.54. The maximum Gasteiger partial charge on any atom is 0.414 e. The molecule has 1 fully saturated rings. The molecule has 1 aliphatic heterocycles.